The van der Waals surface area contributed by atoms with Crippen molar-refractivity contribution in [2.24, 2.45) is 0 Å². The van der Waals surface area contributed by atoms with Gasteiger partial charge in [0.25, 0.3) is 11.6 Å². The summed E-state index contributed by atoms with van der Waals surface area (Å²) in [5.41, 5.74) is -0.000365. The summed E-state index contributed by atoms with van der Waals surface area (Å²) in [7, 11) is 0. The summed E-state index contributed by atoms with van der Waals surface area (Å²) in [5, 5.41) is 13.8. The van der Waals surface area contributed by atoms with E-state index >= 15 is 0 Å². The van der Waals surface area contributed by atoms with E-state index in [2.05, 4.69) is 5.32 Å². The van der Waals surface area contributed by atoms with Gasteiger partial charge in [-0.3, -0.25) is 14.9 Å². The van der Waals surface area contributed by atoms with E-state index in [4.69, 9.17) is 4.74 Å². The first-order chi connectivity index (χ1) is 9.56. The number of carbonyl (C=O) groups is 1. The number of nitro benzene ring substituents is 1. The van der Waals surface area contributed by atoms with Gasteiger partial charge in [0, 0.05) is 37.8 Å². The van der Waals surface area contributed by atoms with Gasteiger partial charge in [-0.1, -0.05) is 0 Å². The van der Waals surface area contributed by atoms with Crippen LogP contribution in [0.15, 0.2) is 24.3 Å². The van der Waals surface area contributed by atoms with Crippen LogP contribution in [0.4, 0.5) is 5.69 Å². The fraction of sp³-hybridized carbons (Fsp3) is 0.462. The quantitative estimate of drug-likeness (QED) is 0.667. The Labute approximate surface area is 128 Å². The van der Waals surface area contributed by atoms with Crippen LogP contribution in [0.5, 0.6) is 5.75 Å². The fourth-order valence-corrected chi connectivity index (χ4v) is 2.06. The summed E-state index contributed by atoms with van der Waals surface area (Å²) in [6, 6.07) is 5.98. The fourth-order valence-electron chi connectivity index (χ4n) is 2.06. The van der Waals surface area contributed by atoms with Crippen molar-refractivity contribution < 1.29 is 14.5 Å². The molecule has 1 fully saturated rings. The van der Waals surface area contributed by atoms with Crippen LogP contribution in [0.1, 0.15) is 6.92 Å². The van der Waals surface area contributed by atoms with Gasteiger partial charge in [0.1, 0.15) is 5.75 Å². The summed E-state index contributed by atoms with van der Waals surface area (Å²) < 4.78 is 5.36. The molecular formula is C13H18ClN3O4. The molecule has 0 aliphatic carbocycles. The molecule has 1 aliphatic rings. The lowest BCUT2D eigenvalue weighted by Gasteiger charge is -2.31. The first-order valence-corrected chi connectivity index (χ1v) is 6.44. The SMILES string of the molecule is CC1CN(C(=O)COc2ccc([N+](=O)[O-])cc2)CCN1.Cl. The van der Waals surface area contributed by atoms with Crippen molar-refractivity contribution >= 4 is 24.0 Å². The number of nitrogens with zero attached hydrogens (tertiary/aromatic N) is 2. The van der Waals surface area contributed by atoms with Crippen molar-refractivity contribution in [1.82, 2.24) is 10.2 Å². The number of rotatable bonds is 4. The van der Waals surface area contributed by atoms with E-state index in [0.717, 1.165) is 6.54 Å². The predicted molar refractivity (Wildman–Crippen MR) is 79.9 cm³/mol. The van der Waals surface area contributed by atoms with Crippen LogP contribution in [0, 0.1) is 10.1 Å². The molecule has 1 aliphatic heterocycles. The van der Waals surface area contributed by atoms with Crippen LogP contribution in [0.3, 0.4) is 0 Å². The third-order valence-corrected chi connectivity index (χ3v) is 3.13. The molecule has 1 atom stereocenters. The zero-order valence-corrected chi connectivity index (χ0v) is 12.5. The number of halogens is 1. The standard InChI is InChI=1S/C13H17N3O4.ClH/c1-10-8-15(7-6-14-10)13(17)9-20-12-4-2-11(3-5-12)16(18)19;/h2-5,10,14H,6-9H2,1H3;1H. The van der Waals surface area contributed by atoms with Crippen molar-refractivity contribution in [2.75, 3.05) is 26.2 Å². The van der Waals surface area contributed by atoms with Crippen molar-refractivity contribution in [3.05, 3.63) is 34.4 Å². The number of nitrogens with one attached hydrogen (secondary N) is 1. The number of nitro groups is 1. The van der Waals surface area contributed by atoms with Gasteiger partial charge >= 0.3 is 0 Å². The Hall–Kier alpha value is -1.86. The van der Waals surface area contributed by atoms with Crippen molar-refractivity contribution in [3.8, 4) is 5.75 Å². The Morgan fingerprint density at radius 2 is 2.14 bits per heavy atom. The van der Waals surface area contributed by atoms with Gasteiger partial charge in [0.2, 0.25) is 0 Å². The van der Waals surface area contributed by atoms with E-state index in [-0.39, 0.29) is 36.7 Å². The lowest BCUT2D eigenvalue weighted by Crippen LogP contribution is -2.52. The van der Waals surface area contributed by atoms with Crippen LogP contribution < -0.4 is 10.1 Å². The zero-order chi connectivity index (χ0) is 14.5. The van der Waals surface area contributed by atoms with Gasteiger partial charge in [-0.15, -0.1) is 12.4 Å². The van der Waals surface area contributed by atoms with Gasteiger partial charge in [0.05, 0.1) is 4.92 Å². The Bertz CT molecular complexity index is 495. The number of non-ortho nitro benzene ring substituents is 1. The number of carbonyl (C=O) groups excluding carboxylic acids is 1. The normalized spacial score (nSPS) is 17.8. The summed E-state index contributed by atoms with van der Waals surface area (Å²) in [6.45, 7) is 4.10. The molecule has 1 N–H and O–H groups in total. The Morgan fingerprint density at radius 3 is 2.71 bits per heavy atom. The predicted octanol–water partition coefficient (Wildman–Crippen LogP) is 1.22. The van der Waals surface area contributed by atoms with Gasteiger partial charge in [-0.05, 0) is 19.1 Å². The number of piperazine rings is 1. The van der Waals surface area contributed by atoms with Gasteiger partial charge < -0.3 is 15.0 Å². The topological polar surface area (TPSA) is 84.7 Å². The molecule has 21 heavy (non-hydrogen) atoms. The molecule has 1 amide bonds. The lowest BCUT2D eigenvalue weighted by molar-refractivity contribution is -0.384. The molecule has 1 aromatic carbocycles. The molecule has 116 valence electrons. The summed E-state index contributed by atoms with van der Waals surface area (Å²) in [5.74, 6) is 0.379. The van der Waals surface area contributed by atoms with E-state index in [1.165, 1.54) is 24.3 Å². The lowest BCUT2D eigenvalue weighted by atomic mass is 10.2. The van der Waals surface area contributed by atoms with Crippen LogP contribution in [0.25, 0.3) is 0 Å². The molecule has 0 spiro atoms. The minimum absolute atomic E-state index is 0. The van der Waals surface area contributed by atoms with E-state index in [1.54, 1.807) is 4.90 Å². The number of benzene rings is 1. The van der Waals surface area contributed by atoms with E-state index in [9.17, 15) is 14.9 Å². The summed E-state index contributed by atoms with van der Waals surface area (Å²) in [4.78, 5) is 23.8. The first-order valence-electron chi connectivity index (χ1n) is 6.44. The Morgan fingerprint density at radius 1 is 1.48 bits per heavy atom. The minimum atomic E-state index is -0.475. The molecule has 1 heterocycles. The van der Waals surface area contributed by atoms with Crippen molar-refractivity contribution in [1.29, 1.82) is 0 Å². The maximum Gasteiger partial charge on any atom is 0.269 e. The van der Waals surface area contributed by atoms with Crippen molar-refractivity contribution in [3.63, 3.8) is 0 Å². The van der Waals surface area contributed by atoms with Gasteiger partial charge in [-0.2, -0.15) is 0 Å². The molecule has 2 rings (SSSR count). The van der Waals surface area contributed by atoms with E-state index in [0.29, 0.717) is 18.8 Å². The summed E-state index contributed by atoms with van der Waals surface area (Å²) in [6.07, 6.45) is 0. The first kappa shape index (κ1) is 17.2. The van der Waals surface area contributed by atoms with Gasteiger partial charge in [-0.25, -0.2) is 0 Å². The second kappa shape index (κ2) is 7.80. The van der Waals surface area contributed by atoms with Crippen LogP contribution in [-0.2, 0) is 4.79 Å². The average molecular weight is 316 g/mol. The molecule has 0 saturated carbocycles. The minimum Gasteiger partial charge on any atom is -0.484 e. The largest absolute Gasteiger partial charge is 0.484 e. The highest BCUT2D eigenvalue weighted by Crippen LogP contribution is 2.17. The van der Waals surface area contributed by atoms with E-state index in [1.807, 2.05) is 6.92 Å². The Balaban J connectivity index is 0.00000220. The third-order valence-electron chi connectivity index (χ3n) is 3.13. The molecule has 7 nitrogen and oxygen atoms in total. The van der Waals surface area contributed by atoms with Crippen LogP contribution in [0.2, 0.25) is 0 Å². The zero-order valence-electron chi connectivity index (χ0n) is 11.7. The molecule has 1 saturated heterocycles. The third kappa shape index (κ3) is 4.87. The van der Waals surface area contributed by atoms with Crippen molar-refractivity contribution in [2.45, 2.75) is 13.0 Å². The number of hydrogen-bond acceptors (Lipinski definition) is 5. The molecule has 1 unspecified atom stereocenters. The molecular weight excluding hydrogens is 298 g/mol. The number of hydrogen-bond donors (Lipinski definition) is 1. The average Bonchev–Trinajstić information content (AvgIpc) is 2.45. The monoisotopic (exact) mass is 315 g/mol. The molecule has 0 bridgehead atoms. The highest BCUT2D eigenvalue weighted by atomic mass is 35.5. The second-order valence-electron chi connectivity index (χ2n) is 4.73. The molecule has 8 heteroatoms. The Kier molecular flexibility index (Phi) is 6.39. The smallest absolute Gasteiger partial charge is 0.269 e. The number of amides is 1. The molecule has 0 radical (unpaired) electrons. The van der Waals surface area contributed by atoms with Crippen LogP contribution >= 0.6 is 12.4 Å². The maximum absolute atomic E-state index is 12.0. The molecule has 1 aromatic rings. The second-order valence-corrected chi connectivity index (χ2v) is 4.73. The highest BCUT2D eigenvalue weighted by molar-refractivity contribution is 5.85. The van der Waals surface area contributed by atoms with Gasteiger partial charge in [0.15, 0.2) is 6.61 Å². The van der Waals surface area contributed by atoms with E-state index < -0.39 is 4.92 Å². The summed E-state index contributed by atoms with van der Waals surface area (Å²) >= 11 is 0. The maximum atomic E-state index is 12.0. The van der Waals surface area contributed by atoms with Crippen LogP contribution in [-0.4, -0.2) is 48.0 Å². The number of ether oxygens (including phenoxy) is 1. The molecule has 0 aromatic heterocycles. The highest BCUT2D eigenvalue weighted by Gasteiger charge is 2.20.